The summed E-state index contributed by atoms with van der Waals surface area (Å²) in [5.41, 5.74) is 0. The van der Waals surface area contributed by atoms with Crippen LogP contribution in [0.25, 0.3) is 10.8 Å². The molecule has 12 heavy (non-hydrogen) atoms. The van der Waals surface area contributed by atoms with E-state index in [-0.39, 0.29) is 0 Å². The van der Waals surface area contributed by atoms with Crippen molar-refractivity contribution in [2.24, 2.45) is 0 Å². The van der Waals surface area contributed by atoms with E-state index in [0.29, 0.717) is 5.75 Å². The summed E-state index contributed by atoms with van der Waals surface area (Å²) in [6.45, 7) is 0. The minimum atomic E-state index is -2.24. The highest BCUT2D eigenvalue weighted by atomic mass is 32.2. The molecule has 0 aliphatic carbocycles. The first kappa shape index (κ1) is 7.52. The van der Waals surface area contributed by atoms with Gasteiger partial charge in [0.05, 0.1) is 0 Å². The zero-order valence-corrected chi connectivity index (χ0v) is 6.88. The number of benzene rings is 3. The van der Waals surface area contributed by atoms with E-state index < -0.39 is 11.4 Å². The highest BCUT2D eigenvalue weighted by molar-refractivity contribution is 7.74. The van der Waals surface area contributed by atoms with Gasteiger partial charge in [0.25, 0.3) is 0 Å². The van der Waals surface area contributed by atoms with Crippen molar-refractivity contribution in [2.75, 3.05) is 0 Å². The number of rotatable bonds is 2. The fourth-order valence-corrected chi connectivity index (χ4v) is 1.43. The molecule has 0 saturated carbocycles. The van der Waals surface area contributed by atoms with Gasteiger partial charge in [0, 0.05) is 5.39 Å². The van der Waals surface area contributed by atoms with Gasteiger partial charge in [-0.2, -0.15) is 4.21 Å². The maximum absolute atomic E-state index is 10.3. The third-order valence-electron chi connectivity index (χ3n) is 1.65. The smallest absolute Gasteiger partial charge is 0.357 e. The van der Waals surface area contributed by atoms with Crippen LogP contribution < -0.4 is 4.18 Å². The van der Waals surface area contributed by atoms with Gasteiger partial charge in [-0.15, -0.1) is 0 Å². The predicted octanol–water partition coefficient (Wildman–Crippen LogP) is 1.79. The molecule has 0 aliphatic heterocycles. The van der Waals surface area contributed by atoms with E-state index >= 15 is 0 Å². The number of hydrogen-bond acceptors (Lipinski definition) is 2. The molecule has 0 saturated heterocycles. The maximum Gasteiger partial charge on any atom is 0.357 e. The van der Waals surface area contributed by atoms with Crippen molar-refractivity contribution in [3.63, 3.8) is 0 Å². The summed E-state index contributed by atoms with van der Waals surface area (Å²) in [6, 6.07) is 9.25. The zero-order chi connectivity index (χ0) is 8.55. The fourth-order valence-electron chi connectivity index (χ4n) is 1.13. The Morgan fingerprint density at radius 1 is 1.25 bits per heavy atom. The monoisotopic (exact) mass is 182 g/mol. The SMILES string of the molecule is O=S(O)Oc1cc2ccc1cc2. The van der Waals surface area contributed by atoms with E-state index in [0.717, 1.165) is 10.8 Å². The van der Waals surface area contributed by atoms with Gasteiger partial charge in [-0.3, -0.25) is 4.55 Å². The number of hydrogen-bond donors (Lipinski definition) is 1. The summed E-state index contributed by atoms with van der Waals surface area (Å²) in [5, 5.41) is 1.80. The van der Waals surface area contributed by atoms with E-state index in [1.165, 1.54) is 0 Å². The summed E-state index contributed by atoms with van der Waals surface area (Å²) >= 11 is -2.24. The van der Waals surface area contributed by atoms with E-state index in [1.807, 2.05) is 24.3 Å². The van der Waals surface area contributed by atoms with E-state index in [2.05, 4.69) is 4.18 Å². The Bertz CT molecular complexity index is 392. The molecule has 0 aliphatic rings. The first-order chi connectivity index (χ1) is 5.75. The Morgan fingerprint density at radius 3 is 2.33 bits per heavy atom. The van der Waals surface area contributed by atoms with Crippen molar-refractivity contribution < 1.29 is 12.9 Å². The Balaban J connectivity index is 2.47. The molecule has 0 heterocycles. The van der Waals surface area contributed by atoms with Gasteiger partial charge in [-0.1, -0.05) is 24.3 Å². The van der Waals surface area contributed by atoms with Crippen LogP contribution in [0.15, 0.2) is 30.3 Å². The average molecular weight is 182 g/mol. The third-order valence-corrected chi connectivity index (χ3v) is 1.98. The molecule has 0 radical (unpaired) electrons. The van der Waals surface area contributed by atoms with Gasteiger partial charge < -0.3 is 4.18 Å². The van der Waals surface area contributed by atoms with Crippen LogP contribution in [0.3, 0.4) is 0 Å². The molecule has 0 aromatic heterocycles. The summed E-state index contributed by atoms with van der Waals surface area (Å²) in [6.07, 6.45) is 0. The zero-order valence-electron chi connectivity index (χ0n) is 6.06. The molecule has 0 fully saturated rings. The van der Waals surface area contributed by atoms with Crippen LogP contribution in [0, 0.1) is 0 Å². The van der Waals surface area contributed by atoms with Crippen molar-refractivity contribution in [1.82, 2.24) is 0 Å². The van der Waals surface area contributed by atoms with Crippen molar-refractivity contribution in [1.29, 1.82) is 0 Å². The molecule has 0 spiro atoms. The quantitative estimate of drug-likeness (QED) is 0.720. The maximum atomic E-state index is 10.3. The Kier molecular flexibility index (Phi) is 1.71. The molecule has 3 nitrogen and oxygen atoms in total. The van der Waals surface area contributed by atoms with Crippen LogP contribution in [0.1, 0.15) is 0 Å². The van der Waals surface area contributed by atoms with Gasteiger partial charge in [-0.25, -0.2) is 0 Å². The Morgan fingerprint density at radius 2 is 1.92 bits per heavy atom. The lowest BCUT2D eigenvalue weighted by Crippen LogP contribution is -1.97. The molecular formula is C8H6O3S. The highest BCUT2D eigenvalue weighted by Gasteiger charge is 2.03. The predicted molar refractivity (Wildman–Crippen MR) is 46.5 cm³/mol. The minimum Gasteiger partial charge on any atom is -0.379 e. The lowest BCUT2D eigenvalue weighted by Gasteiger charge is -2.04. The molecule has 0 amide bonds. The molecule has 3 rings (SSSR count). The summed E-state index contributed by atoms with van der Waals surface area (Å²) in [7, 11) is 0. The highest BCUT2D eigenvalue weighted by Crippen LogP contribution is 2.25. The molecule has 1 atom stereocenters. The third kappa shape index (κ3) is 1.26. The van der Waals surface area contributed by atoms with Crippen molar-refractivity contribution in [3.05, 3.63) is 30.3 Å². The van der Waals surface area contributed by atoms with Crippen molar-refractivity contribution in [2.45, 2.75) is 0 Å². The largest absolute Gasteiger partial charge is 0.379 e. The molecular weight excluding hydrogens is 176 g/mol. The summed E-state index contributed by atoms with van der Waals surface area (Å²) < 4.78 is 23.4. The fraction of sp³-hybridized carbons (Fsp3) is 0. The molecule has 3 aromatic rings. The summed E-state index contributed by atoms with van der Waals surface area (Å²) in [4.78, 5) is 0. The van der Waals surface area contributed by atoms with Crippen LogP contribution in [-0.4, -0.2) is 8.76 Å². The van der Waals surface area contributed by atoms with Crippen LogP contribution in [0.2, 0.25) is 0 Å². The van der Waals surface area contributed by atoms with Gasteiger partial charge in [0.15, 0.2) is 0 Å². The van der Waals surface area contributed by atoms with Gasteiger partial charge >= 0.3 is 11.4 Å². The Labute approximate surface area is 71.8 Å². The van der Waals surface area contributed by atoms with E-state index in [9.17, 15) is 4.21 Å². The lowest BCUT2D eigenvalue weighted by atomic mass is 10.1. The summed E-state index contributed by atoms with van der Waals surface area (Å²) in [5.74, 6) is 0.454. The van der Waals surface area contributed by atoms with Crippen LogP contribution in [0.5, 0.6) is 5.75 Å². The second-order valence-corrected chi connectivity index (χ2v) is 3.03. The van der Waals surface area contributed by atoms with Crippen molar-refractivity contribution in [3.8, 4) is 5.75 Å². The normalized spacial score (nSPS) is 13.4. The standard InChI is InChI=1S/C8H6O3S/c9-12(10)11-8-5-6-1-3-7(8)4-2-6/h1-5H,(H,9,10). The molecule has 1 N–H and O–H groups in total. The van der Waals surface area contributed by atoms with Crippen LogP contribution >= 0.6 is 0 Å². The second-order valence-electron chi connectivity index (χ2n) is 2.43. The first-order valence-corrected chi connectivity index (χ1v) is 4.40. The Hall–Kier alpha value is -1.13. The molecule has 1 unspecified atom stereocenters. The molecule has 2 bridgehead atoms. The van der Waals surface area contributed by atoms with E-state index in [1.54, 1.807) is 6.07 Å². The molecule has 3 aromatic carbocycles. The molecule has 4 heteroatoms. The molecule has 62 valence electrons. The topological polar surface area (TPSA) is 46.5 Å². The first-order valence-electron chi connectivity index (χ1n) is 3.37. The minimum absolute atomic E-state index is 0.454. The number of fused-ring (bicyclic) bond motifs is 3. The average Bonchev–Trinajstić information content (AvgIpc) is 2.05. The van der Waals surface area contributed by atoms with Gasteiger partial charge in [-0.05, 0) is 11.5 Å². The second kappa shape index (κ2) is 2.73. The van der Waals surface area contributed by atoms with E-state index in [4.69, 9.17) is 4.55 Å². The van der Waals surface area contributed by atoms with Crippen LogP contribution in [-0.2, 0) is 11.4 Å². The van der Waals surface area contributed by atoms with Gasteiger partial charge in [0.2, 0.25) is 0 Å². The van der Waals surface area contributed by atoms with Crippen molar-refractivity contribution >= 4 is 22.1 Å². The lowest BCUT2D eigenvalue weighted by molar-refractivity contribution is 0.460. The van der Waals surface area contributed by atoms with Gasteiger partial charge in [0.1, 0.15) is 5.75 Å². The van der Waals surface area contributed by atoms with Crippen LogP contribution in [0.4, 0.5) is 0 Å².